The molecule has 0 unspecified atom stereocenters. The molecule has 20 heavy (non-hydrogen) atoms. The highest BCUT2D eigenvalue weighted by Gasteiger charge is 2.08. The molecule has 0 fully saturated rings. The summed E-state index contributed by atoms with van der Waals surface area (Å²) in [6.45, 7) is 0.230. The second-order valence-electron chi connectivity index (χ2n) is 4.07. The molecule has 104 valence electrons. The molecule has 0 saturated heterocycles. The van der Waals surface area contributed by atoms with Crippen LogP contribution in [-0.2, 0) is 6.61 Å². The van der Waals surface area contributed by atoms with Crippen LogP contribution in [0.3, 0.4) is 0 Å². The van der Waals surface area contributed by atoms with Gasteiger partial charge in [0.05, 0.1) is 5.56 Å². The van der Waals surface area contributed by atoms with Crippen molar-refractivity contribution in [2.24, 2.45) is 5.73 Å². The van der Waals surface area contributed by atoms with Crippen molar-refractivity contribution in [3.05, 3.63) is 62.3 Å². The zero-order valence-corrected chi connectivity index (χ0v) is 14.2. The number of hydrogen-bond acceptors (Lipinski definition) is 2. The molecule has 0 aliphatic rings. The molecular weight excluding hydrogens is 409 g/mol. The molecule has 0 bridgehead atoms. The number of benzene rings is 2. The maximum atomic E-state index is 13.3. The van der Waals surface area contributed by atoms with Crippen LogP contribution >= 0.6 is 44.1 Å². The molecule has 2 nitrogen and oxygen atoms in total. The lowest BCUT2D eigenvalue weighted by molar-refractivity contribution is 0.305. The number of ether oxygens (including phenoxy) is 1. The molecule has 0 atom stereocenters. The summed E-state index contributed by atoms with van der Waals surface area (Å²) in [4.78, 5) is 0.252. The topological polar surface area (TPSA) is 35.2 Å². The van der Waals surface area contributed by atoms with Crippen LogP contribution in [0.4, 0.5) is 4.39 Å². The van der Waals surface area contributed by atoms with E-state index in [2.05, 4.69) is 31.9 Å². The van der Waals surface area contributed by atoms with Crippen molar-refractivity contribution in [2.75, 3.05) is 0 Å². The molecule has 0 radical (unpaired) electrons. The zero-order valence-electron chi connectivity index (χ0n) is 10.2. The van der Waals surface area contributed by atoms with Gasteiger partial charge in [-0.3, -0.25) is 0 Å². The van der Waals surface area contributed by atoms with Crippen LogP contribution in [-0.4, -0.2) is 4.99 Å². The molecule has 0 aliphatic heterocycles. The molecule has 0 saturated carbocycles. The second-order valence-corrected chi connectivity index (χ2v) is 6.34. The molecule has 2 aromatic carbocycles. The SMILES string of the molecule is NC(=S)c1cc(Br)ccc1OCc1cc(F)cc(Br)c1. The fraction of sp³-hybridized carbons (Fsp3) is 0.0714. The number of rotatable bonds is 4. The Morgan fingerprint density at radius 3 is 2.55 bits per heavy atom. The first-order valence-corrected chi connectivity index (χ1v) is 7.62. The zero-order chi connectivity index (χ0) is 14.7. The van der Waals surface area contributed by atoms with Gasteiger partial charge in [0.15, 0.2) is 0 Å². The Morgan fingerprint density at radius 1 is 1.15 bits per heavy atom. The van der Waals surface area contributed by atoms with Gasteiger partial charge in [0.25, 0.3) is 0 Å². The smallest absolute Gasteiger partial charge is 0.130 e. The van der Waals surface area contributed by atoms with E-state index in [0.29, 0.717) is 21.3 Å². The van der Waals surface area contributed by atoms with Gasteiger partial charge in [0, 0.05) is 8.95 Å². The Balaban J connectivity index is 2.20. The Labute approximate surface area is 138 Å². The normalized spacial score (nSPS) is 10.3. The largest absolute Gasteiger partial charge is 0.488 e. The highest BCUT2D eigenvalue weighted by molar-refractivity contribution is 9.10. The molecule has 2 aromatic rings. The Hall–Kier alpha value is -0.980. The quantitative estimate of drug-likeness (QED) is 0.739. The van der Waals surface area contributed by atoms with Crippen LogP contribution < -0.4 is 10.5 Å². The average molecular weight is 419 g/mol. The van der Waals surface area contributed by atoms with Crippen LogP contribution in [0.15, 0.2) is 45.3 Å². The Kier molecular flexibility index (Phi) is 5.12. The summed E-state index contributed by atoms with van der Waals surface area (Å²) < 4.78 is 20.5. The van der Waals surface area contributed by atoms with Crippen molar-refractivity contribution >= 4 is 49.1 Å². The van der Waals surface area contributed by atoms with E-state index in [-0.39, 0.29) is 17.4 Å². The number of hydrogen-bond donors (Lipinski definition) is 1. The third kappa shape index (κ3) is 4.01. The third-order valence-corrected chi connectivity index (χ3v) is 3.69. The lowest BCUT2D eigenvalue weighted by Gasteiger charge is -2.11. The molecule has 0 spiro atoms. The predicted molar refractivity (Wildman–Crippen MR) is 88.5 cm³/mol. The maximum Gasteiger partial charge on any atom is 0.130 e. The minimum absolute atomic E-state index is 0.230. The van der Waals surface area contributed by atoms with E-state index in [1.54, 1.807) is 18.2 Å². The van der Waals surface area contributed by atoms with Gasteiger partial charge in [-0.1, -0.05) is 44.1 Å². The minimum Gasteiger partial charge on any atom is -0.488 e. The molecule has 0 amide bonds. The third-order valence-electron chi connectivity index (χ3n) is 2.52. The van der Waals surface area contributed by atoms with E-state index in [9.17, 15) is 4.39 Å². The van der Waals surface area contributed by atoms with E-state index < -0.39 is 0 Å². The standard InChI is InChI=1S/C14H10Br2FNOS/c15-9-1-2-13(12(6-9)14(18)20)19-7-8-3-10(16)5-11(17)4-8/h1-6H,7H2,(H2,18,20). The molecular formula is C14H10Br2FNOS. The molecule has 0 aliphatic carbocycles. The van der Waals surface area contributed by atoms with Crippen LogP contribution in [0.2, 0.25) is 0 Å². The molecule has 2 rings (SSSR count). The monoisotopic (exact) mass is 417 g/mol. The predicted octanol–water partition coefficient (Wildman–Crippen LogP) is 4.56. The second kappa shape index (κ2) is 6.65. The Morgan fingerprint density at radius 2 is 1.90 bits per heavy atom. The van der Waals surface area contributed by atoms with Gasteiger partial charge < -0.3 is 10.5 Å². The van der Waals surface area contributed by atoms with Gasteiger partial charge in [-0.2, -0.15) is 0 Å². The number of halogens is 3. The van der Waals surface area contributed by atoms with E-state index in [1.807, 2.05) is 6.07 Å². The van der Waals surface area contributed by atoms with Crippen molar-refractivity contribution in [2.45, 2.75) is 6.61 Å². The van der Waals surface area contributed by atoms with E-state index >= 15 is 0 Å². The van der Waals surface area contributed by atoms with E-state index in [0.717, 1.165) is 4.47 Å². The van der Waals surface area contributed by atoms with Gasteiger partial charge in [-0.15, -0.1) is 0 Å². The van der Waals surface area contributed by atoms with Gasteiger partial charge in [0.1, 0.15) is 23.2 Å². The number of thiocarbonyl (C=S) groups is 1. The lowest BCUT2D eigenvalue weighted by atomic mass is 10.2. The summed E-state index contributed by atoms with van der Waals surface area (Å²) in [6.07, 6.45) is 0. The molecule has 0 aromatic heterocycles. The summed E-state index contributed by atoms with van der Waals surface area (Å²) in [5.41, 5.74) is 7.02. The van der Waals surface area contributed by atoms with Gasteiger partial charge in [-0.05, 0) is 42.0 Å². The summed E-state index contributed by atoms with van der Waals surface area (Å²) in [7, 11) is 0. The van der Waals surface area contributed by atoms with Crippen molar-refractivity contribution in [1.82, 2.24) is 0 Å². The van der Waals surface area contributed by atoms with Crippen LogP contribution in [0, 0.1) is 5.82 Å². The highest BCUT2D eigenvalue weighted by atomic mass is 79.9. The molecule has 0 heterocycles. The fourth-order valence-electron chi connectivity index (χ4n) is 1.68. The van der Waals surface area contributed by atoms with Crippen molar-refractivity contribution in [3.8, 4) is 5.75 Å². The first-order valence-electron chi connectivity index (χ1n) is 5.63. The van der Waals surface area contributed by atoms with Crippen molar-refractivity contribution in [3.63, 3.8) is 0 Å². The summed E-state index contributed by atoms with van der Waals surface area (Å²) in [5.74, 6) is 0.254. The van der Waals surface area contributed by atoms with E-state index in [1.165, 1.54) is 12.1 Å². The minimum atomic E-state index is -0.316. The average Bonchev–Trinajstić information content (AvgIpc) is 2.36. The van der Waals surface area contributed by atoms with Gasteiger partial charge in [0.2, 0.25) is 0 Å². The first-order chi connectivity index (χ1) is 9.45. The summed E-state index contributed by atoms with van der Waals surface area (Å²) in [6, 6.07) is 10.0. The van der Waals surface area contributed by atoms with Crippen LogP contribution in [0.1, 0.15) is 11.1 Å². The van der Waals surface area contributed by atoms with Gasteiger partial charge in [-0.25, -0.2) is 4.39 Å². The van der Waals surface area contributed by atoms with Crippen molar-refractivity contribution < 1.29 is 9.13 Å². The lowest BCUT2D eigenvalue weighted by Crippen LogP contribution is -2.11. The summed E-state index contributed by atoms with van der Waals surface area (Å²) in [5, 5.41) is 0. The Bertz CT molecular complexity index is 643. The van der Waals surface area contributed by atoms with Crippen LogP contribution in [0.5, 0.6) is 5.75 Å². The number of nitrogens with two attached hydrogens (primary N) is 1. The summed E-state index contributed by atoms with van der Waals surface area (Å²) >= 11 is 11.6. The molecule has 2 N–H and O–H groups in total. The van der Waals surface area contributed by atoms with E-state index in [4.69, 9.17) is 22.7 Å². The maximum absolute atomic E-state index is 13.3. The van der Waals surface area contributed by atoms with Crippen LogP contribution in [0.25, 0.3) is 0 Å². The molecule has 6 heteroatoms. The van der Waals surface area contributed by atoms with Gasteiger partial charge >= 0.3 is 0 Å². The first kappa shape index (κ1) is 15.4. The highest BCUT2D eigenvalue weighted by Crippen LogP contribution is 2.24. The fourth-order valence-corrected chi connectivity index (χ4v) is 2.71. The van der Waals surface area contributed by atoms with Crippen molar-refractivity contribution in [1.29, 1.82) is 0 Å².